The summed E-state index contributed by atoms with van der Waals surface area (Å²) in [5.41, 5.74) is 1.64. The molecule has 1 heterocycles. The standard InChI is InChI=1S/C23H24Cl3N3O5S2/c1-13(12-36(3,32)33)29-22(31)20(10-21(30)27-19-9-16(25)15(24)8-17(19)26)35-23(29)28-18-7-5-4-6-14(18)11-34-2/h4-9,13,20H,10-12H2,1-3H3,(H,27,30). The van der Waals surface area contributed by atoms with E-state index < -0.39 is 32.9 Å². The molecule has 0 aromatic heterocycles. The lowest BCUT2D eigenvalue weighted by atomic mass is 10.2. The van der Waals surface area contributed by atoms with Gasteiger partial charge in [-0.2, -0.15) is 0 Å². The second-order valence-electron chi connectivity index (χ2n) is 8.21. The number of nitrogens with zero attached hydrogens (tertiary/aromatic N) is 2. The van der Waals surface area contributed by atoms with E-state index in [0.717, 1.165) is 23.6 Å². The first-order valence-electron chi connectivity index (χ1n) is 10.7. The second-order valence-corrected chi connectivity index (χ2v) is 12.8. The first-order chi connectivity index (χ1) is 16.9. The number of methoxy groups -OCH3 is 1. The molecule has 1 N–H and O–H groups in total. The molecule has 13 heteroatoms. The van der Waals surface area contributed by atoms with Crippen LogP contribution in [-0.2, 0) is 30.8 Å². The minimum Gasteiger partial charge on any atom is -0.380 e. The second kappa shape index (κ2) is 12.1. The van der Waals surface area contributed by atoms with Gasteiger partial charge in [-0.3, -0.25) is 14.5 Å². The summed E-state index contributed by atoms with van der Waals surface area (Å²) in [4.78, 5) is 32.2. The van der Waals surface area contributed by atoms with Crippen molar-refractivity contribution in [2.75, 3.05) is 24.4 Å². The van der Waals surface area contributed by atoms with Gasteiger partial charge >= 0.3 is 0 Å². The van der Waals surface area contributed by atoms with Crippen LogP contribution < -0.4 is 5.32 Å². The number of halogens is 3. The summed E-state index contributed by atoms with van der Waals surface area (Å²) in [5, 5.41) is 2.80. The Hall–Kier alpha value is -1.82. The van der Waals surface area contributed by atoms with Gasteiger partial charge in [0.05, 0.1) is 44.8 Å². The molecule has 36 heavy (non-hydrogen) atoms. The van der Waals surface area contributed by atoms with Crippen LogP contribution in [0.15, 0.2) is 41.4 Å². The molecule has 0 aliphatic carbocycles. The van der Waals surface area contributed by atoms with E-state index in [-0.39, 0.29) is 32.9 Å². The Labute approximate surface area is 229 Å². The topological polar surface area (TPSA) is 105 Å². The number of nitrogens with one attached hydrogen (secondary N) is 1. The van der Waals surface area contributed by atoms with Gasteiger partial charge in [-0.15, -0.1) is 0 Å². The highest BCUT2D eigenvalue weighted by Gasteiger charge is 2.42. The molecule has 0 radical (unpaired) electrons. The Morgan fingerprint density at radius 2 is 1.86 bits per heavy atom. The van der Waals surface area contributed by atoms with Crippen LogP contribution >= 0.6 is 46.6 Å². The monoisotopic (exact) mass is 591 g/mol. The summed E-state index contributed by atoms with van der Waals surface area (Å²) in [6.45, 7) is 1.94. The van der Waals surface area contributed by atoms with Crippen LogP contribution in [-0.4, -0.2) is 60.7 Å². The number of amides is 2. The van der Waals surface area contributed by atoms with Crippen molar-refractivity contribution in [3.63, 3.8) is 0 Å². The quantitative estimate of drug-likeness (QED) is 0.402. The number of sulfone groups is 1. The third kappa shape index (κ3) is 7.36. The van der Waals surface area contributed by atoms with E-state index in [0.29, 0.717) is 17.5 Å². The first kappa shape index (κ1) is 28.7. The number of carbonyl (C=O) groups excluding carboxylic acids is 2. The molecule has 8 nitrogen and oxygen atoms in total. The number of aliphatic imine (C=N–C) groups is 1. The predicted octanol–water partition coefficient (Wildman–Crippen LogP) is 5.19. The number of carbonyl (C=O) groups is 2. The van der Waals surface area contributed by atoms with Gasteiger partial charge in [0, 0.05) is 25.3 Å². The largest absolute Gasteiger partial charge is 0.380 e. The highest BCUT2D eigenvalue weighted by molar-refractivity contribution is 8.15. The Kier molecular flexibility index (Phi) is 9.70. The molecule has 2 aromatic carbocycles. The van der Waals surface area contributed by atoms with Crippen LogP contribution in [0.4, 0.5) is 11.4 Å². The van der Waals surface area contributed by atoms with Crippen molar-refractivity contribution in [3.05, 3.63) is 57.0 Å². The van der Waals surface area contributed by atoms with E-state index in [4.69, 9.17) is 39.5 Å². The minimum absolute atomic E-state index is 0.194. The Bertz CT molecular complexity index is 1300. The number of ether oxygens (including phenoxy) is 1. The lowest BCUT2D eigenvalue weighted by Crippen LogP contribution is -2.43. The third-order valence-corrected chi connectivity index (χ3v) is 8.39. The van der Waals surface area contributed by atoms with Gasteiger partial charge in [0.25, 0.3) is 0 Å². The fraction of sp³-hybridized carbons (Fsp3) is 0.348. The summed E-state index contributed by atoms with van der Waals surface area (Å²) in [7, 11) is -1.82. The van der Waals surface area contributed by atoms with E-state index in [1.165, 1.54) is 17.0 Å². The molecule has 2 aromatic rings. The molecular weight excluding hydrogens is 569 g/mol. The van der Waals surface area contributed by atoms with Gasteiger partial charge in [-0.05, 0) is 25.1 Å². The predicted molar refractivity (Wildman–Crippen MR) is 146 cm³/mol. The summed E-state index contributed by atoms with van der Waals surface area (Å²) in [6.07, 6.45) is 0.911. The molecule has 0 saturated carbocycles. The number of anilines is 1. The van der Waals surface area contributed by atoms with Crippen molar-refractivity contribution in [2.45, 2.75) is 31.2 Å². The van der Waals surface area contributed by atoms with Crippen molar-refractivity contribution in [1.82, 2.24) is 4.90 Å². The molecule has 2 amide bonds. The molecule has 2 unspecified atom stereocenters. The van der Waals surface area contributed by atoms with Crippen LogP contribution in [0, 0.1) is 0 Å². The maximum absolute atomic E-state index is 13.4. The first-order valence-corrected chi connectivity index (χ1v) is 14.7. The number of amidine groups is 1. The lowest BCUT2D eigenvalue weighted by Gasteiger charge is -2.24. The van der Waals surface area contributed by atoms with Crippen LogP contribution in [0.25, 0.3) is 0 Å². The zero-order valence-corrected chi connectivity index (χ0v) is 23.5. The Balaban J connectivity index is 1.88. The molecule has 0 bridgehead atoms. The lowest BCUT2D eigenvalue weighted by molar-refractivity contribution is -0.129. The Morgan fingerprint density at radius 3 is 2.53 bits per heavy atom. The number of hydrogen-bond donors (Lipinski definition) is 1. The van der Waals surface area contributed by atoms with Crippen molar-refractivity contribution in [1.29, 1.82) is 0 Å². The van der Waals surface area contributed by atoms with Gasteiger partial charge in [0.1, 0.15) is 15.1 Å². The smallest absolute Gasteiger partial charge is 0.242 e. The van der Waals surface area contributed by atoms with Gasteiger partial charge in [-0.25, -0.2) is 13.4 Å². The SMILES string of the molecule is COCc1ccccc1N=C1SC(CC(=O)Nc2cc(Cl)c(Cl)cc2Cl)C(=O)N1C(C)CS(C)(=O)=O. The zero-order chi connectivity index (χ0) is 26.6. The molecule has 1 aliphatic heterocycles. The van der Waals surface area contributed by atoms with Gasteiger partial charge in [0.15, 0.2) is 5.17 Å². The fourth-order valence-corrected chi connectivity index (χ4v) is 6.46. The minimum atomic E-state index is -3.39. The molecular formula is C23H24Cl3N3O5S2. The van der Waals surface area contributed by atoms with Crippen LogP contribution in [0.2, 0.25) is 15.1 Å². The van der Waals surface area contributed by atoms with Crippen LogP contribution in [0.3, 0.4) is 0 Å². The van der Waals surface area contributed by atoms with E-state index >= 15 is 0 Å². The normalized spacial score (nSPS) is 18.1. The van der Waals surface area contributed by atoms with E-state index in [1.54, 1.807) is 26.2 Å². The number of benzene rings is 2. The van der Waals surface area contributed by atoms with Gasteiger partial charge < -0.3 is 10.1 Å². The van der Waals surface area contributed by atoms with Gasteiger partial charge in [0.2, 0.25) is 11.8 Å². The van der Waals surface area contributed by atoms with Crippen LogP contribution in [0.1, 0.15) is 18.9 Å². The van der Waals surface area contributed by atoms with E-state index in [1.807, 2.05) is 12.1 Å². The maximum atomic E-state index is 13.4. The summed E-state index contributed by atoms with van der Waals surface area (Å²) in [6, 6.07) is 9.41. The molecule has 1 saturated heterocycles. The molecule has 0 spiro atoms. The zero-order valence-electron chi connectivity index (χ0n) is 19.6. The highest BCUT2D eigenvalue weighted by Crippen LogP contribution is 2.36. The maximum Gasteiger partial charge on any atom is 0.242 e. The van der Waals surface area contributed by atoms with Crippen LogP contribution in [0.5, 0.6) is 0 Å². The average Bonchev–Trinajstić information content (AvgIpc) is 3.07. The van der Waals surface area contributed by atoms with E-state index in [9.17, 15) is 18.0 Å². The van der Waals surface area contributed by atoms with Crippen molar-refractivity contribution in [2.24, 2.45) is 4.99 Å². The average molecular weight is 593 g/mol. The number of rotatable bonds is 9. The highest BCUT2D eigenvalue weighted by atomic mass is 35.5. The Morgan fingerprint density at radius 1 is 1.19 bits per heavy atom. The third-order valence-electron chi connectivity index (χ3n) is 5.11. The van der Waals surface area contributed by atoms with Gasteiger partial charge in [-0.1, -0.05) is 64.8 Å². The summed E-state index contributed by atoms with van der Waals surface area (Å²) >= 11 is 19.2. The number of hydrogen-bond acceptors (Lipinski definition) is 7. The molecule has 3 rings (SSSR count). The molecule has 2 atom stereocenters. The van der Waals surface area contributed by atoms with Crippen molar-refractivity contribution >= 4 is 84.8 Å². The van der Waals surface area contributed by atoms with Crippen molar-refractivity contribution in [3.8, 4) is 0 Å². The summed E-state index contributed by atoms with van der Waals surface area (Å²) in [5.74, 6) is -1.14. The number of thioether (sulfide) groups is 1. The summed E-state index contributed by atoms with van der Waals surface area (Å²) < 4.78 is 29.1. The molecule has 1 fully saturated rings. The fourth-order valence-electron chi connectivity index (χ4n) is 3.60. The van der Waals surface area contributed by atoms with E-state index in [2.05, 4.69) is 10.3 Å². The molecule has 194 valence electrons. The molecule has 1 aliphatic rings. The number of para-hydroxylation sites is 1. The van der Waals surface area contributed by atoms with Crippen molar-refractivity contribution < 1.29 is 22.7 Å².